The van der Waals surface area contributed by atoms with Crippen molar-refractivity contribution in [2.75, 3.05) is 13.1 Å². The number of carbonyl (C=O) groups excluding carboxylic acids is 1. The Hall–Kier alpha value is -1.06. The fourth-order valence-corrected chi connectivity index (χ4v) is 2.34. The van der Waals surface area contributed by atoms with Crippen molar-refractivity contribution in [3.8, 4) is 0 Å². The Morgan fingerprint density at radius 1 is 1.31 bits per heavy atom. The molecular weight excluding hydrogens is 206 g/mol. The van der Waals surface area contributed by atoms with E-state index in [9.17, 15) is 9.59 Å². The molecule has 2 aliphatic rings. The monoisotopic (exact) mass is 225 g/mol. The van der Waals surface area contributed by atoms with Crippen LogP contribution in [0.25, 0.3) is 0 Å². The molecule has 2 fully saturated rings. The molecule has 2 saturated carbocycles. The highest BCUT2D eigenvalue weighted by Gasteiger charge is 2.49. The van der Waals surface area contributed by atoms with Crippen molar-refractivity contribution in [1.29, 1.82) is 0 Å². The smallest absolute Gasteiger partial charge is 0.307 e. The Kier molecular flexibility index (Phi) is 3.17. The van der Waals surface area contributed by atoms with Gasteiger partial charge in [0.1, 0.15) is 0 Å². The number of amides is 1. The fraction of sp³-hybridized carbons (Fsp3) is 0.833. The third kappa shape index (κ3) is 2.20. The highest BCUT2D eigenvalue weighted by molar-refractivity contribution is 5.89. The average Bonchev–Trinajstić information content (AvgIpc) is 2.95. The van der Waals surface area contributed by atoms with Crippen LogP contribution in [0.4, 0.5) is 0 Å². The summed E-state index contributed by atoms with van der Waals surface area (Å²) >= 11 is 0. The summed E-state index contributed by atoms with van der Waals surface area (Å²) in [5.41, 5.74) is 0. The molecule has 2 aliphatic carbocycles. The largest absolute Gasteiger partial charge is 0.481 e. The first-order valence-corrected chi connectivity index (χ1v) is 6.15. The molecule has 4 nitrogen and oxygen atoms in total. The molecule has 4 heteroatoms. The Balaban J connectivity index is 1.84. The van der Waals surface area contributed by atoms with E-state index in [1.54, 1.807) is 0 Å². The summed E-state index contributed by atoms with van der Waals surface area (Å²) in [5.74, 6) is -0.758. The summed E-state index contributed by atoms with van der Waals surface area (Å²) in [6, 6.07) is 0. The standard InChI is InChI=1S/C12H19NO3/c1-2-13(7-8-4-3-5-8)11(14)9-6-10(9)12(15)16/h8-10H,2-7H2,1H3,(H,15,16)/t9-,10+/m1/s1. The van der Waals surface area contributed by atoms with Gasteiger partial charge in [0.05, 0.1) is 11.8 Å². The molecule has 2 atom stereocenters. The first kappa shape index (κ1) is 11.4. The molecular formula is C12H19NO3. The molecule has 90 valence electrons. The lowest BCUT2D eigenvalue weighted by molar-refractivity contribution is -0.142. The maximum atomic E-state index is 12.0. The number of rotatable bonds is 5. The van der Waals surface area contributed by atoms with Gasteiger partial charge in [-0.1, -0.05) is 6.42 Å². The van der Waals surface area contributed by atoms with Crippen LogP contribution < -0.4 is 0 Å². The highest BCUT2D eigenvalue weighted by Crippen LogP contribution is 2.40. The van der Waals surface area contributed by atoms with Gasteiger partial charge in [-0.05, 0) is 32.1 Å². The summed E-state index contributed by atoms with van der Waals surface area (Å²) in [6.07, 6.45) is 4.25. The Labute approximate surface area is 95.6 Å². The second kappa shape index (κ2) is 4.44. The van der Waals surface area contributed by atoms with Crippen molar-refractivity contribution in [3.63, 3.8) is 0 Å². The molecule has 0 aromatic carbocycles. The van der Waals surface area contributed by atoms with Crippen LogP contribution in [0.3, 0.4) is 0 Å². The highest BCUT2D eigenvalue weighted by atomic mass is 16.4. The minimum Gasteiger partial charge on any atom is -0.481 e. The number of hydrogen-bond acceptors (Lipinski definition) is 2. The Morgan fingerprint density at radius 2 is 2.00 bits per heavy atom. The van der Waals surface area contributed by atoms with Gasteiger partial charge in [0, 0.05) is 13.1 Å². The van der Waals surface area contributed by atoms with Gasteiger partial charge in [-0.3, -0.25) is 9.59 Å². The number of carbonyl (C=O) groups is 2. The van der Waals surface area contributed by atoms with Crippen molar-refractivity contribution in [1.82, 2.24) is 4.90 Å². The van der Waals surface area contributed by atoms with Crippen LogP contribution in [0.15, 0.2) is 0 Å². The SMILES string of the molecule is CCN(CC1CCC1)C(=O)[C@@H]1C[C@@H]1C(=O)O. The maximum absolute atomic E-state index is 12.0. The van der Waals surface area contributed by atoms with Gasteiger partial charge in [0.25, 0.3) is 0 Å². The van der Waals surface area contributed by atoms with E-state index < -0.39 is 11.9 Å². The maximum Gasteiger partial charge on any atom is 0.307 e. The quantitative estimate of drug-likeness (QED) is 0.768. The van der Waals surface area contributed by atoms with E-state index in [-0.39, 0.29) is 11.8 Å². The van der Waals surface area contributed by atoms with Gasteiger partial charge in [-0.2, -0.15) is 0 Å². The zero-order valence-electron chi connectivity index (χ0n) is 9.69. The van der Waals surface area contributed by atoms with Crippen LogP contribution in [0, 0.1) is 17.8 Å². The van der Waals surface area contributed by atoms with Crippen molar-refractivity contribution in [3.05, 3.63) is 0 Å². The molecule has 1 amide bonds. The number of carboxylic acids is 1. The van der Waals surface area contributed by atoms with Gasteiger partial charge < -0.3 is 10.0 Å². The summed E-state index contributed by atoms with van der Waals surface area (Å²) in [5, 5.41) is 8.80. The molecule has 1 N–H and O–H groups in total. The van der Waals surface area contributed by atoms with Crippen LogP contribution in [-0.2, 0) is 9.59 Å². The Bertz CT molecular complexity index is 299. The van der Waals surface area contributed by atoms with Crippen molar-refractivity contribution in [2.24, 2.45) is 17.8 Å². The Morgan fingerprint density at radius 3 is 2.38 bits per heavy atom. The lowest BCUT2D eigenvalue weighted by Gasteiger charge is -2.32. The number of hydrogen-bond donors (Lipinski definition) is 1. The van der Waals surface area contributed by atoms with Crippen molar-refractivity contribution in [2.45, 2.75) is 32.6 Å². The van der Waals surface area contributed by atoms with Gasteiger partial charge in [0.15, 0.2) is 0 Å². The molecule has 0 unspecified atom stereocenters. The summed E-state index contributed by atoms with van der Waals surface area (Å²) < 4.78 is 0. The number of nitrogens with zero attached hydrogens (tertiary/aromatic N) is 1. The van der Waals surface area contributed by atoms with E-state index >= 15 is 0 Å². The van der Waals surface area contributed by atoms with Crippen LogP contribution in [0.1, 0.15) is 32.6 Å². The second-order valence-corrected chi connectivity index (χ2v) is 4.96. The van der Waals surface area contributed by atoms with Gasteiger partial charge in [0.2, 0.25) is 5.91 Å². The fourth-order valence-electron chi connectivity index (χ4n) is 2.34. The average molecular weight is 225 g/mol. The topological polar surface area (TPSA) is 57.6 Å². The lowest BCUT2D eigenvalue weighted by Crippen LogP contribution is -2.38. The molecule has 0 heterocycles. The van der Waals surface area contributed by atoms with E-state index in [1.807, 2.05) is 11.8 Å². The molecule has 0 aliphatic heterocycles. The summed E-state index contributed by atoms with van der Waals surface area (Å²) in [7, 11) is 0. The third-order valence-corrected chi connectivity index (χ3v) is 3.82. The molecule has 2 rings (SSSR count). The van der Waals surface area contributed by atoms with Crippen LogP contribution in [0.5, 0.6) is 0 Å². The molecule has 0 saturated heterocycles. The second-order valence-electron chi connectivity index (χ2n) is 4.96. The predicted molar refractivity (Wildman–Crippen MR) is 58.8 cm³/mol. The van der Waals surface area contributed by atoms with E-state index in [1.165, 1.54) is 19.3 Å². The minimum atomic E-state index is -0.821. The van der Waals surface area contributed by atoms with Crippen LogP contribution >= 0.6 is 0 Å². The van der Waals surface area contributed by atoms with Crippen molar-refractivity contribution < 1.29 is 14.7 Å². The van der Waals surface area contributed by atoms with Crippen LogP contribution in [-0.4, -0.2) is 35.0 Å². The first-order valence-electron chi connectivity index (χ1n) is 6.15. The minimum absolute atomic E-state index is 0.0572. The van der Waals surface area contributed by atoms with Gasteiger partial charge >= 0.3 is 5.97 Å². The van der Waals surface area contributed by atoms with E-state index in [0.717, 1.165) is 6.54 Å². The molecule has 0 spiro atoms. The molecule has 0 bridgehead atoms. The summed E-state index contributed by atoms with van der Waals surface area (Å²) in [6.45, 7) is 3.51. The van der Waals surface area contributed by atoms with Gasteiger partial charge in [-0.15, -0.1) is 0 Å². The van der Waals surface area contributed by atoms with Crippen molar-refractivity contribution >= 4 is 11.9 Å². The molecule has 0 aromatic rings. The van der Waals surface area contributed by atoms with E-state index in [0.29, 0.717) is 18.9 Å². The molecule has 0 aromatic heterocycles. The normalized spacial score (nSPS) is 28.3. The zero-order chi connectivity index (χ0) is 11.7. The number of carboxylic acid groups (broad SMARTS) is 1. The molecule has 16 heavy (non-hydrogen) atoms. The lowest BCUT2D eigenvalue weighted by atomic mass is 9.85. The third-order valence-electron chi connectivity index (χ3n) is 3.82. The first-order chi connectivity index (χ1) is 7.63. The molecule has 0 radical (unpaired) electrons. The van der Waals surface area contributed by atoms with Crippen LogP contribution in [0.2, 0.25) is 0 Å². The number of aliphatic carboxylic acids is 1. The van der Waals surface area contributed by atoms with E-state index in [4.69, 9.17) is 5.11 Å². The zero-order valence-corrected chi connectivity index (χ0v) is 9.69. The predicted octanol–water partition coefficient (Wildman–Crippen LogP) is 1.36. The summed E-state index contributed by atoms with van der Waals surface area (Å²) in [4.78, 5) is 24.5. The van der Waals surface area contributed by atoms with E-state index in [2.05, 4.69) is 0 Å². The van der Waals surface area contributed by atoms with Gasteiger partial charge in [-0.25, -0.2) is 0 Å².